The maximum atomic E-state index is 12.1. The molecule has 6 heteroatoms. The highest BCUT2D eigenvalue weighted by Gasteiger charge is 2.13. The quantitative estimate of drug-likeness (QED) is 0.679. The van der Waals surface area contributed by atoms with Crippen molar-refractivity contribution in [1.29, 1.82) is 0 Å². The highest BCUT2D eigenvalue weighted by Crippen LogP contribution is 2.20. The molecule has 1 N–H and O–H groups in total. The predicted octanol–water partition coefficient (Wildman–Crippen LogP) is 3.65. The van der Waals surface area contributed by atoms with Gasteiger partial charge in [0.15, 0.2) is 0 Å². The van der Waals surface area contributed by atoms with Crippen LogP contribution in [-0.2, 0) is 0 Å². The SMILES string of the molecule is Cc1cccc(C)c1NC(=O)c1cc(Cl)nc(Cl)n1. The Balaban J connectivity index is 2.31. The van der Waals surface area contributed by atoms with Crippen LogP contribution in [0, 0.1) is 13.8 Å². The molecule has 0 radical (unpaired) electrons. The van der Waals surface area contributed by atoms with Crippen molar-refractivity contribution in [3.05, 3.63) is 51.5 Å². The van der Waals surface area contributed by atoms with E-state index in [1.54, 1.807) is 0 Å². The number of anilines is 1. The number of hydrogen-bond acceptors (Lipinski definition) is 3. The molecule has 0 saturated heterocycles. The molecule has 1 amide bonds. The number of nitrogens with zero attached hydrogens (tertiary/aromatic N) is 2. The van der Waals surface area contributed by atoms with Crippen LogP contribution in [0.3, 0.4) is 0 Å². The molecule has 1 heterocycles. The molecule has 1 aromatic carbocycles. The fourth-order valence-corrected chi connectivity index (χ4v) is 2.10. The van der Waals surface area contributed by atoms with E-state index in [4.69, 9.17) is 23.2 Å². The Morgan fingerprint density at radius 1 is 1.16 bits per heavy atom. The number of hydrogen-bond donors (Lipinski definition) is 1. The number of amides is 1. The zero-order valence-electron chi connectivity index (χ0n) is 10.4. The lowest BCUT2D eigenvalue weighted by molar-refractivity contribution is 0.102. The van der Waals surface area contributed by atoms with Gasteiger partial charge in [-0.2, -0.15) is 0 Å². The first-order valence-electron chi connectivity index (χ1n) is 5.55. The summed E-state index contributed by atoms with van der Waals surface area (Å²) in [5.41, 5.74) is 2.84. The molecular formula is C13H11Cl2N3O. The summed E-state index contributed by atoms with van der Waals surface area (Å²) in [5, 5.41) is 2.88. The Bertz CT molecular complexity index is 603. The third-order valence-electron chi connectivity index (χ3n) is 2.62. The van der Waals surface area contributed by atoms with Crippen molar-refractivity contribution in [3.63, 3.8) is 0 Å². The van der Waals surface area contributed by atoms with E-state index in [9.17, 15) is 4.79 Å². The molecule has 19 heavy (non-hydrogen) atoms. The molecule has 98 valence electrons. The Morgan fingerprint density at radius 2 is 1.79 bits per heavy atom. The van der Waals surface area contributed by atoms with E-state index in [2.05, 4.69) is 15.3 Å². The van der Waals surface area contributed by atoms with Crippen LogP contribution in [0.4, 0.5) is 5.69 Å². The summed E-state index contributed by atoms with van der Waals surface area (Å²) in [6.45, 7) is 3.84. The fourth-order valence-electron chi connectivity index (χ4n) is 1.70. The van der Waals surface area contributed by atoms with Gasteiger partial charge >= 0.3 is 0 Å². The Labute approximate surface area is 120 Å². The molecule has 0 bridgehead atoms. The predicted molar refractivity (Wildman–Crippen MR) is 75.9 cm³/mol. The molecule has 2 aromatic rings. The van der Waals surface area contributed by atoms with Crippen LogP contribution in [0.1, 0.15) is 21.6 Å². The van der Waals surface area contributed by atoms with Crippen molar-refractivity contribution in [2.75, 3.05) is 5.32 Å². The fraction of sp³-hybridized carbons (Fsp3) is 0.154. The summed E-state index contributed by atoms with van der Waals surface area (Å²) >= 11 is 11.4. The van der Waals surface area contributed by atoms with Crippen LogP contribution in [0.15, 0.2) is 24.3 Å². The van der Waals surface area contributed by atoms with Gasteiger partial charge in [-0.1, -0.05) is 29.8 Å². The number of nitrogens with one attached hydrogen (secondary N) is 1. The van der Waals surface area contributed by atoms with Crippen molar-refractivity contribution >= 4 is 34.8 Å². The summed E-state index contributed by atoms with van der Waals surface area (Å²) in [5.74, 6) is -0.372. The minimum absolute atomic E-state index is 0.0563. The number of aromatic nitrogens is 2. The maximum absolute atomic E-state index is 12.1. The van der Waals surface area contributed by atoms with Gasteiger partial charge in [-0.25, -0.2) is 9.97 Å². The lowest BCUT2D eigenvalue weighted by Gasteiger charge is -2.11. The highest BCUT2D eigenvalue weighted by atomic mass is 35.5. The van der Waals surface area contributed by atoms with Gasteiger partial charge in [0.05, 0.1) is 0 Å². The average Bonchev–Trinajstić information content (AvgIpc) is 2.32. The molecule has 0 aliphatic rings. The smallest absolute Gasteiger partial charge is 0.274 e. The van der Waals surface area contributed by atoms with Gasteiger partial charge in [-0.3, -0.25) is 4.79 Å². The summed E-state index contributed by atoms with van der Waals surface area (Å²) in [7, 11) is 0. The van der Waals surface area contributed by atoms with Crippen LogP contribution in [0.25, 0.3) is 0 Å². The van der Waals surface area contributed by atoms with E-state index < -0.39 is 0 Å². The van der Waals surface area contributed by atoms with Crippen molar-refractivity contribution in [2.45, 2.75) is 13.8 Å². The Hall–Kier alpha value is -1.65. The number of carbonyl (C=O) groups is 1. The van der Waals surface area contributed by atoms with Crippen molar-refractivity contribution in [3.8, 4) is 0 Å². The average molecular weight is 296 g/mol. The van der Waals surface area contributed by atoms with E-state index in [0.29, 0.717) is 0 Å². The second-order valence-corrected chi connectivity index (χ2v) is 4.79. The molecular weight excluding hydrogens is 285 g/mol. The lowest BCUT2D eigenvalue weighted by atomic mass is 10.1. The lowest BCUT2D eigenvalue weighted by Crippen LogP contribution is -2.15. The summed E-state index contributed by atoms with van der Waals surface area (Å²) in [6.07, 6.45) is 0. The van der Waals surface area contributed by atoms with Gasteiger partial charge in [-0.15, -0.1) is 0 Å². The van der Waals surface area contributed by atoms with Crippen LogP contribution in [-0.4, -0.2) is 15.9 Å². The van der Waals surface area contributed by atoms with E-state index in [0.717, 1.165) is 16.8 Å². The second kappa shape index (κ2) is 5.55. The molecule has 0 aliphatic carbocycles. The molecule has 0 aliphatic heterocycles. The number of rotatable bonds is 2. The summed E-state index contributed by atoms with van der Waals surface area (Å²) < 4.78 is 0. The van der Waals surface area contributed by atoms with Gasteiger partial charge in [-0.05, 0) is 36.6 Å². The largest absolute Gasteiger partial charge is 0.320 e. The van der Waals surface area contributed by atoms with Gasteiger partial charge in [0.25, 0.3) is 5.91 Å². The summed E-state index contributed by atoms with van der Waals surface area (Å²) in [6, 6.07) is 7.14. The monoisotopic (exact) mass is 295 g/mol. The van der Waals surface area contributed by atoms with Crippen molar-refractivity contribution < 1.29 is 4.79 Å². The zero-order valence-corrected chi connectivity index (χ0v) is 11.9. The van der Waals surface area contributed by atoms with Gasteiger partial charge in [0.1, 0.15) is 10.8 Å². The Kier molecular flexibility index (Phi) is 4.02. The number of aryl methyl sites for hydroxylation is 2. The van der Waals surface area contributed by atoms with E-state index in [1.165, 1.54) is 6.07 Å². The van der Waals surface area contributed by atoms with Crippen LogP contribution in [0.2, 0.25) is 10.4 Å². The minimum atomic E-state index is -0.372. The molecule has 0 spiro atoms. The zero-order chi connectivity index (χ0) is 14.0. The maximum Gasteiger partial charge on any atom is 0.274 e. The second-order valence-electron chi connectivity index (χ2n) is 4.07. The standard InChI is InChI=1S/C13H11Cl2N3O/c1-7-4-3-5-8(2)11(7)18-12(19)9-6-10(14)17-13(15)16-9/h3-6H,1-2H3,(H,18,19). The Morgan fingerprint density at radius 3 is 2.37 bits per heavy atom. The van der Waals surface area contributed by atoms with E-state index >= 15 is 0 Å². The number of benzene rings is 1. The number of carbonyl (C=O) groups excluding carboxylic acids is 1. The summed E-state index contributed by atoms with van der Waals surface area (Å²) in [4.78, 5) is 19.7. The topological polar surface area (TPSA) is 54.9 Å². The molecule has 0 atom stereocenters. The first-order valence-corrected chi connectivity index (χ1v) is 6.30. The van der Waals surface area contributed by atoms with Crippen molar-refractivity contribution in [2.24, 2.45) is 0 Å². The van der Waals surface area contributed by atoms with Crippen LogP contribution >= 0.6 is 23.2 Å². The van der Waals surface area contributed by atoms with Gasteiger partial charge in [0, 0.05) is 11.8 Å². The van der Waals surface area contributed by atoms with Crippen LogP contribution in [0.5, 0.6) is 0 Å². The molecule has 4 nitrogen and oxygen atoms in total. The van der Waals surface area contributed by atoms with E-state index in [-0.39, 0.29) is 22.0 Å². The normalized spacial score (nSPS) is 10.3. The third kappa shape index (κ3) is 3.22. The molecule has 0 unspecified atom stereocenters. The first-order chi connectivity index (χ1) is 8.97. The number of halogens is 2. The van der Waals surface area contributed by atoms with Gasteiger partial charge < -0.3 is 5.32 Å². The minimum Gasteiger partial charge on any atom is -0.320 e. The molecule has 0 saturated carbocycles. The van der Waals surface area contributed by atoms with Crippen molar-refractivity contribution in [1.82, 2.24) is 9.97 Å². The number of para-hydroxylation sites is 1. The van der Waals surface area contributed by atoms with Gasteiger partial charge in [0.2, 0.25) is 5.28 Å². The highest BCUT2D eigenvalue weighted by molar-refractivity contribution is 6.32. The molecule has 2 rings (SSSR count). The molecule has 1 aromatic heterocycles. The molecule has 0 fully saturated rings. The van der Waals surface area contributed by atoms with Crippen LogP contribution < -0.4 is 5.32 Å². The van der Waals surface area contributed by atoms with E-state index in [1.807, 2.05) is 32.0 Å². The third-order valence-corrected chi connectivity index (χ3v) is 2.98. The first kappa shape index (κ1) is 13.8.